The highest BCUT2D eigenvalue weighted by Crippen LogP contribution is 2.14. The van der Waals surface area contributed by atoms with Gasteiger partial charge in [-0.1, -0.05) is 0 Å². The van der Waals surface area contributed by atoms with Crippen molar-refractivity contribution in [3.8, 4) is 0 Å². The SMILES string of the molecule is CC(=O)N[C@@H]1CO[C@H](C)[C@@H](O)[C@@H]1O. The first-order valence-electron chi connectivity index (χ1n) is 4.27. The number of aliphatic hydroxyl groups excluding tert-OH is 2. The molecule has 0 bridgehead atoms. The molecule has 3 N–H and O–H groups in total. The third-order valence-electron chi connectivity index (χ3n) is 2.17. The van der Waals surface area contributed by atoms with Gasteiger partial charge in [-0.05, 0) is 6.92 Å². The van der Waals surface area contributed by atoms with E-state index in [0.717, 1.165) is 0 Å². The zero-order valence-electron chi connectivity index (χ0n) is 7.73. The van der Waals surface area contributed by atoms with Gasteiger partial charge in [-0.25, -0.2) is 0 Å². The zero-order valence-corrected chi connectivity index (χ0v) is 7.73. The molecule has 76 valence electrons. The molecule has 0 unspecified atom stereocenters. The Hall–Kier alpha value is -0.650. The van der Waals surface area contributed by atoms with Crippen LogP contribution in [0.3, 0.4) is 0 Å². The second-order valence-corrected chi connectivity index (χ2v) is 3.33. The number of nitrogens with one attached hydrogen (secondary N) is 1. The molecule has 4 atom stereocenters. The van der Waals surface area contributed by atoms with E-state index in [1.807, 2.05) is 0 Å². The molecule has 1 rings (SSSR count). The molecular weight excluding hydrogens is 174 g/mol. The maximum absolute atomic E-state index is 10.7. The molecule has 1 heterocycles. The number of aliphatic hydroxyl groups is 2. The van der Waals surface area contributed by atoms with E-state index in [-0.39, 0.29) is 18.6 Å². The first-order valence-corrected chi connectivity index (χ1v) is 4.27. The molecule has 0 radical (unpaired) electrons. The van der Waals surface area contributed by atoms with Crippen LogP contribution in [0.1, 0.15) is 13.8 Å². The predicted octanol–water partition coefficient (Wildman–Crippen LogP) is -1.37. The Labute approximate surface area is 76.7 Å². The van der Waals surface area contributed by atoms with E-state index < -0.39 is 18.2 Å². The molecule has 1 fully saturated rings. The van der Waals surface area contributed by atoms with Crippen molar-refractivity contribution >= 4 is 5.91 Å². The fourth-order valence-electron chi connectivity index (χ4n) is 1.36. The molecule has 1 amide bonds. The highest BCUT2D eigenvalue weighted by atomic mass is 16.5. The summed E-state index contributed by atoms with van der Waals surface area (Å²) in [5, 5.41) is 21.4. The van der Waals surface area contributed by atoms with Gasteiger partial charge in [-0.3, -0.25) is 4.79 Å². The summed E-state index contributed by atoms with van der Waals surface area (Å²) in [7, 11) is 0. The molecule has 0 spiro atoms. The van der Waals surface area contributed by atoms with Gasteiger partial charge in [0.15, 0.2) is 0 Å². The summed E-state index contributed by atoms with van der Waals surface area (Å²) >= 11 is 0. The molecular formula is C8H15NO4. The normalized spacial score (nSPS) is 40.0. The standard InChI is InChI=1S/C8H15NO4/c1-4-7(11)8(12)6(3-13-4)9-5(2)10/h4,6-8,11-12H,3H2,1-2H3,(H,9,10)/t4-,6-,7-,8-/m1/s1. The average molecular weight is 189 g/mol. The zero-order chi connectivity index (χ0) is 10.0. The molecule has 1 aliphatic heterocycles. The highest BCUT2D eigenvalue weighted by Gasteiger charge is 2.36. The van der Waals surface area contributed by atoms with Crippen molar-refractivity contribution in [3.05, 3.63) is 0 Å². The van der Waals surface area contributed by atoms with Crippen molar-refractivity contribution in [2.45, 2.75) is 38.2 Å². The van der Waals surface area contributed by atoms with Crippen LogP contribution in [0.25, 0.3) is 0 Å². The number of amides is 1. The van der Waals surface area contributed by atoms with E-state index in [1.54, 1.807) is 6.92 Å². The Morgan fingerprint density at radius 1 is 1.46 bits per heavy atom. The minimum Gasteiger partial charge on any atom is -0.388 e. The van der Waals surface area contributed by atoms with Crippen LogP contribution in [0.15, 0.2) is 0 Å². The van der Waals surface area contributed by atoms with Gasteiger partial charge >= 0.3 is 0 Å². The quantitative estimate of drug-likeness (QED) is 0.475. The molecule has 1 saturated heterocycles. The van der Waals surface area contributed by atoms with Crippen molar-refractivity contribution in [1.82, 2.24) is 5.32 Å². The van der Waals surface area contributed by atoms with Crippen LogP contribution in [0.4, 0.5) is 0 Å². The molecule has 5 heteroatoms. The number of carbonyl (C=O) groups is 1. The van der Waals surface area contributed by atoms with E-state index >= 15 is 0 Å². The Kier molecular flexibility index (Phi) is 3.24. The summed E-state index contributed by atoms with van der Waals surface area (Å²) in [5.74, 6) is -0.241. The third kappa shape index (κ3) is 2.40. The van der Waals surface area contributed by atoms with Gasteiger partial charge in [-0.2, -0.15) is 0 Å². The van der Waals surface area contributed by atoms with Gasteiger partial charge in [0, 0.05) is 6.92 Å². The van der Waals surface area contributed by atoms with Crippen LogP contribution in [0.2, 0.25) is 0 Å². The fraction of sp³-hybridized carbons (Fsp3) is 0.875. The summed E-state index contributed by atoms with van der Waals surface area (Å²) in [6, 6.07) is -0.510. The highest BCUT2D eigenvalue weighted by molar-refractivity contribution is 5.73. The van der Waals surface area contributed by atoms with Crippen LogP contribution >= 0.6 is 0 Å². The molecule has 5 nitrogen and oxygen atoms in total. The maximum Gasteiger partial charge on any atom is 0.217 e. The van der Waals surface area contributed by atoms with E-state index in [2.05, 4.69) is 5.32 Å². The summed E-state index contributed by atoms with van der Waals surface area (Å²) in [6.07, 6.45) is -2.28. The Morgan fingerprint density at radius 3 is 2.62 bits per heavy atom. The number of hydrogen-bond acceptors (Lipinski definition) is 4. The third-order valence-corrected chi connectivity index (χ3v) is 2.17. The summed E-state index contributed by atoms with van der Waals surface area (Å²) in [6.45, 7) is 3.27. The molecule has 0 aromatic rings. The largest absolute Gasteiger partial charge is 0.388 e. The fourth-order valence-corrected chi connectivity index (χ4v) is 1.36. The van der Waals surface area contributed by atoms with Crippen molar-refractivity contribution in [1.29, 1.82) is 0 Å². The van der Waals surface area contributed by atoms with Crippen molar-refractivity contribution in [3.63, 3.8) is 0 Å². The number of rotatable bonds is 1. The van der Waals surface area contributed by atoms with Crippen LogP contribution in [-0.2, 0) is 9.53 Å². The monoisotopic (exact) mass is 189 g/mol. The lowest BCUT2D eigenvalue weighted by Gasteiger charge is -2.36. The Balaban J connectivity index is 2.53. The smallest absolute Gasteiger partial charge is 0.217 e. The van der Waals surface area contributed by atoms with Gasteiger partial charge in [-0.15, -0.1) is 0 Å². The van der Waals surface area contributed by atoms with E-state index in [4.69, 9.17) is 4.74 Å². The molecule has 13 heavy (non-hydrogen) atoms. The minimum absolute atomic E-state index is 0.235. The van der Waals surface area contributed by atoms with Gasteiger partial charge in [0.05, 0.1) is 18.8 Å². The predicted molar refractivity (Wildman–Crippen MR) is 45.0 cm³/mol. The molecule has 0 aromatic carbocycles. The van der Waals surface area contributed by atoms with Gasteiger partial charge in [0.25, 0.3) is 0 Å². The molecule has 0 aliphatic carbocycles. The lowest BCUT2D eigenvalue weighted by atomic mass is 9.99. The van der Waals surface area contributed by atoms with Crippen molar-refractivity contribution in [2.75, 3.05) is 6.61 Å². The summed E-state index contributed by atoms with van der Waals surface area (Å²) < 4.78 is 5.15. The first-order chi connectivity index (χ1) is 6.02. The first kappa shape index (κ1) is 10.4. The van der Waals surface area contributed by atoms with Gasteiger partial charge in [0.2, 0.25) is 5.91 Å². The van der Waals surface area contributed by atoms with Crippen LogP contribution in [0.5, 0.6) is 0 Å². The number of hydrogen-bond donors (Lipinski definition) is 3. The Bertz CT molecular complexity index is 197. The number of ether oxygens (including phenoxy) is 1. The van der Waals surface area contributed by atoms with Crippen LogP contribution < -0.4 is 5.32 Å². The lowest BCUT2D eigenvalue weighted by molar-refractivity contribution is -0.149. The van der Waals surface area contributed by atoms with Gasteiger partial charge < -0.3 is 20.3 Å². The topological polar surface area (TPSA) is 78.8 Å². The molecule has 1 aliphatic rings. The summed E-state index contributed by atoms with van der Waals surface area (Å²) in [5.41, 5.74) is 0. The van der Waals surface area contributed by atoms with Crippen LogP contribution in [0, 0.1) is 0 Å². The second kappa shape index (κ2) is 4.04. The minimum atomic E-state index is -0.951. The number of carbonyl (C=O) groups excluding carboxylic acids is 1. The van der Waals surface area contributed by atoms with Crippen molar-refractivity contribution in [2.24, 2.45) is 0 Å². The summed E-state index contributed by atoms with van der Waals surface area (Å²) in [4.78, 5) is 10.7. The average Bonchev–Trinajstić information content (AvgIpc) is 2.06. The molecule has 0 aromatic heterocycles. The van der Waals surface area contributed by atoms with Gasteiger partial charge in [0.1, 0.15) is 12.2 Å². The molecule has 0 saturated carbocycles. The lowest BCUT2D eigenvalue weighted by Crippen LogP contribution is -2.58. The van der Waals surface area contributed by atoms with Crippen LogP contribution in [-0.4, -0.2) is 47.1 Å². The Morgan fingerprint density at radius 2 is 2.08 bits per heavy atom. The van der Waals surface area contributed by atoms with E-state index in [9.17, 15) is 15.0 Å². The van der Waals surface area contributed by atoms with Crippen molar-refractivity contribution < 1.29 is 19.7 Å². The van der Waals surface area contributed by atoms with E-state index in [1.165, 1.54) is 6.92 Å². The second-order valence-electron chi connectivity index (χ2n) is 3.33. The van der Waals surface area contributed by atoms with E-state index in [0.29, 0.717) is 0 Å². The maximum atomic E-state index is 10.7.